The molecular weight excluding hydrogens is 435 g/mol. The van der Waals surface area contributed by atoms with Crippen molar-refractivity contribution < 1.29 is 29.0 Å². The number of nitrogens with one attached hydrogen (secondary N) is 2. The van der Waals surface area contributed by atoms with Crippen molar-refractivity contribution in [2.45, 2.75) is 31.5 Å². The minimum Gasteiger partial charge on any atom is -0.387 e. The van der Waals surface area contributed by atoms with Crippen LogP contribution < -0.4 is 10.8 Å². The highest BCUT2D eigenvalue weighted by atomic mass is 19.1. The van der Waals surface area contributed by atoms with Gasteiger partial charge in [0, 0.05) is 12.1 Å². The van der Waals surface area contributed by atoms with E-state index in [0.29, 0.717) is 12.1 Å². The molecule has 4 N–H and O–H groups in total. The van der Waals surface area contributed by atoms with Crippen molar-refractivity contribution in [3.63, 3.8) is 0 Å². The first-order valence-corrected chi connectivity index (χ1v) is 10.0. The minimum absolute atomic E-state index is 0.0847. The van der Waals surface area contributed by atoms with Crippen molar-refractivity contribution in [3.8, 4) is 11.8 Å². The summed E-state index contributed by atoms with van der Waals surface area (Å²) in [7, 11) is 1.39. The fourth-order valence-corrected chi connectivity index (χ4v) is 3.37. The van der Waals surface area contributed by atoms with Crippen LogP contribution in [0.3, 0.4) is 0 Å². The minimum atomic E-state index is -1.45. The highest BCUT2D eigenvalue weighted by Crippen LogP contribution is 2.32. The van der Waals surface area contributed by atoms with Crippen molar-refractivity contribution in [1.82, 2.24) is 24.8 Å². The molecule has 1 aromatic carbocycles. The summed E-state index contributed by atoms with van der Waals surface area (Å²) in [5, 5.41) is 23.4. The van der Waals surface area contributed by atoms with Crippen LogP contribution in [0.4, 0.5) is 10.2 Å². The van der Waals surface area contributed by atoms with Crippen molar-refractivity contribution in [2.75, 3.05) is 19.1 Å². The summed E-state index contributed by atoms with van der Waals surface area (Å²) in [5.74, 6) is 5.01. The van der Waals surface area contributed by atoms with Gasteiger partial charge in [-0.05, 0) is 37.1 Å². The average molecular weight is 456 g/mol. The number of hydrogen-bond donors (Lipinski definition) is 4. The lowest BCUT2D eigenvalue weighted by atomic mass is 10.1. The molecule has 0 aliphatic carbocycles. The Labute approximate surface area is 187 Å². The monoisotopic (exact) mass is 456 g/mol. The van der Waals surface area contributed by atoms with E-state index in [2.05, 4.69) is 37.6 Å². The molecule has 0 spiro atoms. The molecule has 1 saturated heterocycles. The van der Waals surface area contributed by atoms with E-state index in [4.69, 9.17) is 9.57 Å². The first-order chi connectivity index (χ1) is 15.9. The number of aliphatic hydroxyl groups is 2. The Kier molecular flexibility index (Phi) is 6.47. The van der Waals surface area contributed by atoms with Gasteiger partial charge in [0.05, 0.1) is 13.4 Å². The van der Waals surface area contributed by atoms with E-state index < -0.39 is 30.4 Å². The number of imidazole rings is 1. The molecule has 2 aromatic heterocycles. The summed E-state index contributed by atoms with van der Waals surface area (Å²) in [6.07, 6.45) is -3.93. The lowest BCUT2D eigenvalue weighted by Gasteiger charge is -2.16. The molecular formula is C21H21FN6O5. The molecule has 11 nitrogen and oxygen atoms in total. The number of benzene rings is 1. The second-order valence-corrected chi connectivity index (χ2v) is 7.11. The van der Waals surface area contributed by atoms with Gasteiger partial charge >= 0.3 is 0 Å². The van der Waals surface area contributed by atoms with E-state index in [1.54, 1.807) is 6.92 Å². The van der Waals surface area contributed by atoms with Gasteiger partial charge in [-0.15, -0.1) is 0 Å². The van der Waals surface area contributed by atoms with E-state index in [1.165, 1.54) is 42.3 Å². The smallest absolute Gasteiger partial charge is 0.252 e. The molecule has 33 heavy (non-hydrogen) atoms. The van der Waals surface area contributed by atoms with E-state index in [1.807, 2.05) is 0 Å². The summed E-state index contributed by atoms with van der Waals surface area (Å²) in [4.78, 5) is 30.1. The van der Waals surface area contributed by atoms with Crippen LogP contribution in [0.2, 0.25) is 0 Å². The number of aromatic nitrogens is 4. The van der Waals surface area contributed by atoms with Gasteiger partial charge in [0.15, 0.2) is 29.3 Å². The molecule has 1 aliphatic heterocycles. The first-order valence-electron chi connectivity index (χ1n) is 10.0. The van der Waals surface area contributed by atoms with Gasteiger partial charge in [0.25, 0.3) is 5.91 Å². The molecule has 4 atom stereocenters. The van der Waals surface area contributed by atoms with E-state index in [9.17, 15) is 19.4 Å². The number of amides is 1. The highest BCUT2D eigenvalue weighted by Gasteiger charge is 2.47. The molecule has 1 fully saturated rings. The zero-order valence-electron chi connectivity index (χ0n) is 17.7. The Morgan fingerprint density at radius 3 is 2.70 bits per heavy atom. The molecule has 1 amide bonds. The zero-order chi connectivity index (χ0) is 23.5. The molecule has 0 bridgehead atoms. The number of halogens is 1. The molecule has 0 radical (unpaired) electrons. The Bertz CT molecular complexity index is 1220. The Hall–Kier alpha value is -3.63. The molecule has 1 aliphatic rings. The fourth-order valence-electron chi connectivity index (χ4n) is 3.37. The summed E-state index contributed by atoms with van der Waals surface area (Å²) in [6, 6.07) is 5.61. The number of likely N-dealkylation sites (N-methyl/N-ethyl adjacent to an activating group) is 1. The molecule has 0 unspecified atom stereocenters. The molecule has 172 valence electrons. The Balaban J connectivity index is 1.73. The zero-order valence-corrected chi connectivity index (χ0v) is 17.7. The van der Waals surface area contributed by atoms with Gasteiger partial charge in [-0.25, -0.2) is 19.8 Å². The summed E-state index contributed by atoms with van der Waals surface area (Å²) >= 11 is 0. The number of anilines is 1. The molecule has 4 rings (SSSR count). The SMILES string of the molecule is CCNC(=O)[C@H]1O[C@@H](n2cnc3c(NOC)nc(C#Cc4ccc(F)cc4)nc32)[C@H](O)[C@@H]1O. The van der Waals surface area contributed by atoms with Crippen LogP contribution in [0, 0.1) is 17.7 Å². The van der Waals surface area contributed by atoms with Crippen LogP contribution in [0.15, 0.2) is 30.6 Å². The van der Waals surface area contributed by atoms with Crippen LogP contribution in [0.1, 0.15) is 24.5 Å². The number of carbonyl (C=O) groups is 1. The lowest BCUT2D eigenvalue weighted by molar-refractivity contribution is -0.137. The second kappa shape index (κ2) is 9.47. The molecule has 3 aromatic rings. The van der Waals surface area contributed by atoms with Crippen molar-refractivity contribution >= 4 is 22.9 Å². The first kappa shape index (κ1) is 22.6. The Morgan fingerprint density at radius 1 is 1.24 bits per heavy atom. The van der Waals surface area contributed by atoms with E-state index >= 15 is 0 Å². The van der Waals surface area contributed by atoms with Crippen LogP contribution in [0.25, 0.3) is 11.2 Å². The fraction of sp³-hybridized carbons (Fsp3) is 0.333. The van der Waals surface area contributed by atoms with Crippen LogP contribution >= 0.6 is 0 Å². The van der Waals surface area contributed by atoms with E-state index in [0.717, 1.165) is 0 Å². The number of hydrogen-bond acceptors (Lipinski definition) is 9. The van der Waals surface area contributed by atoms with Crippen LogP contribution in [-0.4, -0.2) is 67.6 Å². The largest absolute Gasteiger partial charge is 0.387 e. The molecule has 12 heteroatoms. The topological polar surface area (TPSA) is 144 Å². The second-order valence-electron chi connectivity index (χ2n) is 7.11. The maximum atomic E-state index is 13.1. The van der Waals surface area contributed by atoms with Crippen molar-refractivity contribution in [2.24, 2.45) is 0 Å². The van der Waals surface area contributed by atoms with Crippen molar-refractivity contribution in [3.05, 3.63) is 47.8 Å². The van der Waals surface area contributed by atoms with Gasteiger partial charge in [-0.1, -0.05) is 5.92 Å². The third kappa shape index (κ3) is 4.48. The van der Waals surface area contributed by atoms with Crippen LogP contribution in [-0.2, 0) is 14.4 Å². The van der Waals surface area contributed by atoms with Gasteiger partial charge in [-0.2, -0.15) is 4.98 Å². The standard InChI is InChI=1S/C21H21FN6O5/c1-3-23-20(31)17-15(29)16(30)21(33-17)28-10-24-14-18(27-32-2)25-13(26-19(14)28)9-6-11-4-7-12(22)8-5-11/h4-5,7-8,10,15-17,21,29-30H,3H2,1-2H3,(H,23,31)(H,25,26,27)/t15-,16+,17-,21+/m0/s1. The summed E-state index contributed by atoms with van der Waals surface area (Å²) in [6.45, 7) is 2.07. The van der Waals surface area contributed by atoms with Gasteiger partial charge in [-0.3, -0.25) is 14.2 Å². The van der Waals surface area contributed by atoms with Crippen LogP contribution in [0.5, 0.6) is 0 Å². The molecule has 3 heterocycles. The predicted molar refractivity (Wildman–Crippen MR) is 113 cm³/mol. The number of aliphatic hydroxyl groups excluding tert-OH is 2. The summed E-state index contributed by atoms with van der Waals surface area (Å²) in [5.41, 5.74) is 3.67. The number of rotatable bonds is 5. The van der Waals surface area contributed by atoms with Gasteiger partial charge in [0.1, 0.15) is 18.0 Å². The molecule has 0 saturated carbocycles. The number of carbonyl (C=O) groups excluding carboxylic acids is 1. The average Bonchev–Trinajstić information content (AvgIpc) is 3.35. The summed E-state index contributed by atoms with van der Waals surface area (Å²) < 4.78 is 20.2. The number of ether oxygens (including phenoxy) is 1. The number of fused-ring (bicyclic) bond motifs is 1. The van der Waals surface area contributed by atoms with Gasteiger partial charge in [0.2, 0.25) is 5.82 Å². The highest BCUT2D eigenvalue weighted by molar-refractivity contribution is 5.83. The third-order valence-corrected chi connectivity index (χ3v) is 4.90. The maximum Gasteiger partial charge on any atom is 0.252 e. The lowest BCUT2D eigenvalue weighted by Crippen LogP contribution is -2.42. The maximum absolute atomic E-state index is 13.1. The number of nitrogens with zero attached hydrogens (tertiary/aromatic N) is 4. The predicted octanol–water partition coefficient (Wildman–Crippen LogP) is 0.0938. The normalized spacial score (nSPS) is 22.1. The quantitative estimate of drug-likeness (QED) is 0.310. The third-order valence-electron chi connectivity index (χ3n) is 4.90. The van der Waals surface area contributed by atoms with Gasteiger partial charge < -0.3 is 20.3 Å². The Morgan fingerprint density at radius 2 is 2.00 bits per heavy atom. The van der Waals surface area contributed by atoms with Crippen molar-refractivity contribution in [1.29, 1.82) is 0 Å². The van der Waals surface area contributed by atoms with E-state index in [-0.39, 0.29) is 28.6 Å².